The zero-order valence-electron chi connectivity index (χ0n) is 17.8. The number of nitrogens with one attached hydrogen (secondary N) is 2. The number of carbonyl (C=O) groups excluding carboxylic acids is 2. The molecule has 2 aromatic carbocycles. The van der Waals surface area contributed by atoms with Crippen LogP contribution in [0.25, 0.3) is 0 Å². The molecule has 1 saturated heterocycles. The van der Waals surface area contributed by atoms with E-state index in [0.717, 1.165) is 6.20 Å². The normalized spacial score (nSPS) is 15.3. The maximum absolute atomic E-state index is 12.8. The molecule has 3 rings (SSSR count). The Kier molecular flexibility index (Phi) is 6.30. The van der Waals surface area contributed by atoms with E-state index >= 15 is 0 Å². The number of sulfonamides is 1. The lowest BCUT2D eigenvalue weighted by atomic mass is 10.2. The smallest absolute Gasteiger partial charge is 0.350 e. The monoisotopic (exact) mass is 462 g/mol. The van der Waals surface area contributed by atoms with Gasteiger partial charge in [-0.3, -0.25) is 4.72 Å². The highest BCUT2D eigenvalue weighted by Crippen LogP contribution is 2.31. The van der Waals surface area contributed by atoms with Crippen molar-refractivity contribution >= 4 is 33.3 Å². The number of benzene rings is 2. The number of carbonyl (C=O) groups is 2. The summed E-state index contributed by atoms with van der Waals surface area (Å²) in [5.41, 5.74) is 0.338. The van der Waals surface area contributed by atoms with Crippen LogP contribution in [0.2, 0.25) is 0 Å². The van der Waals surface area contributed by atoms with E-state index in [0.29, 0.717) is 17.2 Å². The number of hydrogen-bond donors (Lipinski definition) is 2. The highest BCUT2D eigenvalue weighted by Gasteiger charge is 2.38. The van der Waals surface area contributed by atoms with Crippen LogP contribution in [0.5, 0.6) is 11.5 Å². The van der Waals surface area contributed by atoms with Crippen LogP contribution in [0.15, 0.2) is 59.1 Å². The second-order valence-electron chi connectivity index (χ2n) is 7.08. The minimum atomic E-state index is -3.93. The topological polar surface area (TPSA) is 129 Å². The fourth-order valence-corrected chi connectivity index (χ4v) is 3.82. The van der Waals surface area contributed by atoms with E-state index in [1.165, 1.54) is 58.4 Å². The molecule has 10 nitrogen and oxygen atoms in total. The molecule has 0 spiro atoms. The molecule has 32 heavy (non-hydrogen) atoms. The van der Waals surface area contributed by atoms with Crippen LogP contribution in [-0.4, -0.2) is 40.4 Å². The van der Waals surface area contributed by atoms with Crippen LogP contribution in [0.4, 0.5) is 11.4 Å². The molecule has 0 aromatic heterocycles. The zero-order valence-corrected chi connectivity index (χ0v) is 18.6. The van der Waals surface area contributed by atoms with Crippen LogP contribution in [0.1, 0.15) is 13.8 Å². The second-order valence-corrected chi connectivity index (χ2v) is 8.76. The second kappa shape index (κ2) is 8.79. The predicted molar refractivity (Wildman–Crippen MR) is 115 cm³/mol. The standard InChI is InChI=1S/C21H22N2O8S/c1-21(2)30-19(24)16(20(25)31-21)12-22-13-5-8-15(9-6-13)32(26,27)23-17-11-14(28-3)7-10-18(17)29-4/h5-12,22-23H,1-4H3. The largest absolute Gasteiger partial charge is 0.497 e. The van der Waals surface area contributed by atoms with E-state index in [1.807, 2.05) is 0 Å². The number of anilines is 2. The number of hydrogen-bond acceptors (Lipinski definition) is 9. The summed E-state index contributed by atoms with van der Waals surface area (Å²) in [5.74, 6) is -2.20. The minimum Gasteiger partial charge on any atom is -0.497 e. The third kappa shape index (κ3) is 5.11. The van der Waals surface area contributed by atoms with Crippen molar-refractivity contribution in [1.29, 1.82) is 0 Å². The van der Waals surface area contributed by atoms with E-state index in [-0.39, 0.29) is 16.2 Å². The first-order valence-corrected chi connectivity index (χ1v) is 10.8. The minimum absolute atomic E-state index is 0.0150. The van der Waals surface area contributed by atoms with Gasteiger partial charge in [0.1, 0.15) is 11.5 Å². The summed E-state index contributed by atoms with van der Waals surface area (Å²) in [4.78, 5) is 23.9. The molecule has 1 fully saturated rings. The molecule has 11 heteroatoms. The van der Waals surface area contributed by atoms with E-state index in [2.05, 4.69) is 10.0 Å². The Bertz CT molecular complexity index is 1150. The molecular weight excluding hydrogens is 440 g/mol. The van der Waals surface area contributed by atoms with Crippen molar-refractivity contribution in [2.75, 3.05) is 24.3 Å². The molecule has 1 heterocycles. The van der Waals surface area contributed by atoms with Crippen molar-refractivity contribution in [1.82, 2.24) is 0 Å². The highest BCUT2D eigenvalue weighted by molar-refractivity contribution is 7.92. The van der Waals surface area contributed by atoms with Crippen LogP contribution >= 0.6 is 0 Å². The summed E-state index contributed by atoms with van der Waals surface area (Å²) in [6.45, 7) is 2.89. The van der Waals surface area contributed by atoms with Crippen molar-refractivity contribution in [3.05, 3.63) is 54.2 Å². The van der Waals surface area contributed by atoms with Gasteiger partial charge < -0.3 is 24.3 Å². The Morgan fingerprint density at radius 2 is 1.56 bits per heavy atom. The SMILES string of the molecule is COc1ccc(OC)c(NS(=O)(=O)c2ccc(NC=C3C(=O)OC(C)(C)OC3=O)cc2)c1. The predicted octanol–water partition coefficient (Wildman–Crippen LogP) is 2.64. The number of ether oxygens (including phenoxy) is 4. The van der Waals surface area contributed by atoms with Gasteiger partial charge in [-0.05, 0) is 36.4 Å². The Balaban J connectivity index is 1.75. The Morgan fingerprint density at radius 1 is 0.938 bits per heavy atom. The number of methoxy groups -OCH3 is 2. The van der Waals surface area contributed by atoms with Gasteiger partial charge in [-0.2, -0.15) is 0 Å². The van der Waals surface area contributed by atoms with E-state index in [9.17, 15) is 18.0 Å². The van der Waals surface area contributed by atoms with Gasteiger partial charge in [0, 0.05) is 31.8 Å². The first kappa shape index (κ1) is 22.9. The summed E-state index contributed by atoms with van der Waals surface area (Å²) in [6, 6.07) is 10.4. The third-order valence-electron chi connectivity index (χ3n) is 4.32. The first-order chi connectivity index (χ1) is 15.0. The Labute approximate surface area is 185 Å². The third-order valence-corrected chi connectivity index (χ3v) is 5.70. The van der Waals surface area contributed by atoms with Gasteiger partial charge in [0.25, 0.3) is 15.8 Å². The average molecular weight is 462 g/mol. The van der Waals surface area contributed by atoms with E-state index in [4.69, 9.17) is 18.9 Å². The van der Waals surface area contributed by atoms with Gasteiger partial charge in [-0.25, -0.2) is 18.0 Å². The molecule has 0 atom stereocenters. The van der Waals surface area contributed by atoms with Gasteiger partial charge in [-0.1, -0.05) is 0 Å². The average Bonchev–Trinajstić information content (AvgIpc) is 2.72. The maximum atomic E-state index is 12.8. The lowest BCUT2D eigenvalue weighted by molar-refractivity contribution is -0.222. The van der Waals surface area contributed by atoms with Gasteiger partial charge >= 0.3 is 11.9 Å². The zero-order chi connectivity index (χ0) is 23.5. The summed E-state index contributed by atoms with van der Waals surface area (Å²) in [5, 5.41) is 2.75. The highest BCUT2D eigenvalue weighted by atomic mass is 32.2. The molecular formula is C21H22N2O8S. The van der Waals surface area contributed by atoms with E-state index < -0.39 is 27.7 Å². The van der Waals surface area contributed by atoms with E-state index in [1.54, 1.807) is 12.1 Å². The molecule has 2 aromatic rings. The lowest BCUT2D eigenvalue weighted by Gasteiger charge is -2.29. The van der Waals surface area contributed by atoms with Crippen molar-refractivity contribution in [3.8, 4) is 11.5 Å². The molecule has 0 unspecified atom stereocenters. The summed E-state index contributed by atoms with van der Waals surface area (Å²) < 4.78 is 48.3. The van der Waals surface area contributed by atoms with Crippen LogP contribution in [-0.2, 0) is 29.1 Å². The molecule has 1 aliphatic rings. The van der Waals surface area contributed by atoms with Crippen LogP contribution < -0.4 is 19.5 Å². The quantitative estimate of drug-likeness (QED) is 0.362. The van der Waals surface area contributed by atoms with Gasteiger partial charge in [0.15, 0.2) is 5.57 Å². The molecule has 0 saturated carbocycles. The van der Waals surface area contributed by atoms with Crippen LogP contribution in [0, 0.1) is 0 Å². The molecule has 0 amide bonds. The first-order valence-electron chi connectivity index (χ1n) is 9.33. The molecule has 0 bridgehead atoms. The number of cyclic esters (lactones) is 2. The molecule has 2 N–H and O–H groups in total. The van der Waals surface area contributed by atoms with Crippen molar-refractivity contribution < 1.29 is 37.0 Å². The lowest BCUT2D eigenvalue weighted by Crippen LogP contribution is -2.42. The van der Waals surface area contributed by atoms with Crippen molar-refractivity contribution in [2.45, 2.75) is 24.5 Å². The molecule has 0 radical (unpaired) electrons. The Morgan fingerprint density at radius 3 is 2.12 bits per heavy atom. The molecule has 0 aliphatic carbocycles. The van der Waals surface area contributed by atoms with Crippen molar-refractivity contribution in [3.63, 3.8) is 0 Å². The van der Waals surface area contributed by atoms with Gasteiger partial charge in [-0.15, -0.1) is 0 Å². The number of rotatable bonds is 7. The summed E-state index contributed by atoms with van der Waals surface area (Å²) >= 11 is 0. The number of esters is 2. The maximum Gasteiger partial charge on any atom is 0.350 e. The van der Waals surface area contributed by atoms with Crippen molar-refractivity contribution in [2.24, 2.45) is 0 Å². The molecule has 1 aliphatic heterocycles. The Hall–Kier alpha value is -3.73. The van der Waals surface area contributed by atoms with Crippen LogP contribution in [0.3, 0.4) is 0 Å². The van der Waals surface area contributed by atoms with Gasteiger partial charge in [0.2, 0.25) is 0 Å². The van der Waals surface area contributed by atoms with Gasteiger partial charge in [0.05, 0.1) is 24.8 Å². The fourth-order valence-electron chi connectivity index (χ4n) is 2.76. The summed E-state index contributed by atoms with van der Waals surface area (Å²) in [6.07, 6.45) is 1.14. The fraction of sp³-hybridized carbons (Fsp3) is 0.238. The molecule has 170 valence electrons. The summed E-state index contributed by atoms with van der Waals surface area (Å²) in [7, 11) is -1.04.